The van der Waals surface area contributed by atoms with Gasteiger partial charge in [-0.15, -0.1) is 0 Å². The fraction of sp³-hybridized carbons (Fsp3) is 0.207. The second kappa shape index (κ2) is 35.7. The lowest BCUT2D eigenvalue weighted by Crippen LogP contribution is -2.36. The van der Waals surface area contributed by atoms with Crippen molar-refractivity contribution in [2.75, 3.05) is 0 Å². The van der Waals surface area contributed by atoms with Crippen molar-refractivity contribution in [1.82, 2.24) is 0 Å². The first kappa shape index (κ1) is 73.2. The first-order valence-corrected chi connectivity index (χ1v) is 44.2. The predicted molar refractivity (Wildman–Crippen MR) is 547 cm³/mol. The number of aryl methyl sites for hydroxylation is 4. The second-order valence-corrected chi connectivity index (χ2v) is 36.3. The van der Waals surface area contributed by atoms with Gasteiger partial charge in [-0.3, -0.25) is 0 Å². The predicted octanol–water partition coefficient (Wildman–Crippen LogP) is 31.8. The van der Waals surface area contributed by atoms with E-state index in [1.165, 1.54) is 0 Å². The summed E-state index contributed by atoms with van der Waals surface area (Å²) in [5.74, 6) is 0. The van der Waals surface area contributed by atoms with Crippen LogP contribution in [0.15, 0.2) is 278 Å². The van der Waals surface area contributed by atoms with Crippen molar-refractivity contribution in [3.63, 3.8) is 0 Å². The Hall–Kier alpha value is -15.6. The van der Waals surface area contributed by atoms with Gasteiger partial charge in [0.25, 0.3) is 0 Å². The van der Waals surface area contributed by atoms with Crippen LogP contribution in [0.5, 0.6) is 0 Å². The van der Waals surface area contributed by atoms with Crippen LogP contribution < -0.4 is 18.3 Å². The van der Waals surface area contributed by atoms with Crippen LogP contribution in [-0.2, 0) is 40.9 Å². The monoisotopic (exact) mass is 1750 g/mol. The summed E-state index contributed by atoms with van der Waals surface area (Å²) in [6.07, 6.45) is -3.85. The Morgan fingerprint density at radius 1 is 0.323 bits per heavy atom. The molecule has 0 saturated carbocycles. The fourth-order valence-electron chi connectivity index (χ4n) is 17.9. The van der Waals surface area contributed by atoms with Gasteiger partial charge in [-0.05, 0) is 203 Å². The van der Waals surface area contributed by atoms with Crippen LogP contribution in [0.3, 0.4) is 0 Å². The van der Waals surface area contributed by atoms with Crippen LogP contribution >= 0.6 is 0 Å². The molecule has 0 unspecified atom stereocenters. The van der Waals surface area contributed by atoms with Crippen molar-refractivity contribution >= 4 is 111 Å². The Morgan fingerprint density at radius 3 is 1.14 bits per heavy atom. The van der Waals surface area contributed by atoms with E-state index in [4.69, 9.17) is 60.4 Å². The van der Waals surface area contributed by atoms with Gasteiger partial charge in [-0.1, -0.05) is 217 Å². The molecule has 654 valence electrons. The smallest absolute Gasteiger partial charge is 0.216 e. The van der Waals surface area contributed by atoms with Crippen molar-refractivity contribution in [3.05, 3.63) is 379 Å². The molecule has 8 aromatic heterocycles. The molecule has 8 heterocycles. The molecule has 0 aliphatic heterocycles. The number of fused-ring (bicyclic) bond motifs is 12. The van der Waals surface area contributed by atoms with Crippen LogP contribution in [0.2, 0.25) is 0 Å². The highest BCUT2D eigenvalue weighted by Crippen LogP contribution is 2.50. The SMILES string of the molecule is [2H]c1c(C([2H])([2H])C(C)(C)C)c([2H])c(-c2c(C)cc(-c3ccccc3)c3c2oc2cc([N+]#[C-])ccc23)[n+](C)c1C.[2H]c1c(C([2H])([2H])C(C)(C)C)c([2H])c(-c2c(C)ccc3c2oc2cc([N+]#[C-])cc(-c4ccccc4)c23)[n+](C)c1C.[2H]c1c(C)c(C([2H])([2H])[2H])c(C)[n+](C)c1-c1c(C)ccc2c1oc1cc([N+]#[C-])cc(-c3ccccc3)c12.[2H]c1c(C)c([2H])c(-c2c(C)ccc3c2oc2cc([N+]#[C-])c(-c4ccccc4)cc23)[n+](C)c1C. The second-order valence-electron chi connectivity index (χ2n) is 36.3. The van der Waals surface area contributed by atoms with Gasteiger partial charge in [0.05, 0.1) is 58.1 Å². The van der Waals surface area contributed by atoms with E-state index < -0.39 is 30.4 Å². The first-order chi connectivity index (χ1) is 69.4. The summed E-state index contributed by atoms with van der Waals surface area (Å²) < 4.78 is 155. The third-order valence-corrected chi connectivity index (χ3v) is 24.7. The van der Waals surface area contributed by atoms with Gasteiger partial charge in [0.15, 0.2) is 45.5 Å². The van der Waals surface area contributed by atoms with Crippen LogP contribution in [0, 0.1) is 113 Å². The molecule has 20 rings (SSSR count). The van der Waals surface area contributed by atoms with Crippen LogP contribution in [0.4, 0.5) is 22.7 Å². The average Bonchev–Trinajstić information content (AvgIpc) is 1.67. The lowest BCUT2D eigenvalue weighted by Gasteiger charge is -2.19. The highest BCUT2D eigenvalue weighted by Gasteiger charge is 2.32. The van der Waals surface area contributed by atoms with Crippen molar-refractivity contribution < 1.29 is 55.1 Å². The Balaban J connectivity index is 0.000000134. The van der Waals surface area contributed by atoms with E-state index in [0.717, 1.165) is 132 Å². The summed E-state index contributed by atoms with van der Waals surface area (Å²) in [5.41, 5.74) is 25.8. The topological polar surface area (TPSA) is 85.5 Å². The molecular formula is C121H110N8O4+4. The molecule has 133 heavy (non-hydrogen) atoms. The largest absolute Gasteiger partial charge is 0.456 e. The number of nitrogens with zero attached hydrogens (tertiary/aromatic N) is 8. The lowest BCUT2D eigenvalue weighted by molar-refractivity contribution is -0.667. The highest BCUT2D eigenvalue weighted by atomic mass is 16.3. The van der Waals surface area contributed by atoms with Crippen molar-refractivity contribution in [3.8, 4) is 89.5 Å². The first-order valence-electron chi connectivity index (χ1n) is 51.2. The molecule has 0 saturated heterocycles. The maximum atomic E-state index is 9.32. The van der Waals surface area contributed by atoms with Gasteiger partial charge in [0, 0.05) is 128 Å². The van der Waals surface area contributed by atoms with Crippen molar-refractivity contribution in [2.45, 2.75) is 130 Å². The molecule has 0 aliphatic carbocycles. The van der Waals surface area contributed by atoms with Crippen LogP contribution in [0.25, 0.3) is 197 Å². The maximum absolute atomic E-state index is 9.32. The van der Waals surface area contributed by atoms with Gasteiger partial charge in [0.2, 0.25) is 22.8 Å². The van der Waals surface area contributed by atoms with Crippen LogP contribution in [-0.4, -0.2) is 0 Å². The van der Waals surface area contributed by atoms with Gasteiger partial charge < -0.3 is 17.7 Å². The van der Waals surface area contributed by atoms with E-state index in [1.54, 1.807) is 114 Å². The molecule has 0 fully saturated rings. The van der Waals surface area contributed by atoms with E-state index in [9.17, 15) is 2.74 Å². The molecule has 0 spiro atoms. The number of benzene rings is 12. The summed E-state index contributed by atoms with van der Waals surface area (Å²) in [6, 6.07) is 71.4. The molecule has 0 amide bonds. The maximum Gasteiger partial charge on any atom is 0.216 e. The zero-order valence-electron chi connectivity index (χ0n) is 92.5. The Labute approximate surface area is 799 Å². The zero-order chi connectivity index (χ0) is 106. The van der Waals surface area contributed by atoms with Gasteiger partial charge >= 0.3 is 0 Å². The lowest BCUT2D eigenvalue weighted by atomic mass is 9.87. The summed E-state index contributed by atoms with van der Waals surface area (Å²) >= 11 is 0. The van der Waals surface area contributed by atoms with Crippen molar-refractivity contribution in [2.24, 2.45) is 39.0 Å². The van der Waals surface area contributed by atoms with Crippen LogP contribution in [0.1, 0.15) is 134 Å². The van der Waals surface area contributed by atoms with Gasteiger partial charge in [-0.2, -0.15) is 18.3 Å². The molecular weight excluding hydrogens is 1630 g/mol. The molecule has 12 heteroatoms. The molecule has 0 radical (unpaired) electrons. The number of hydrogen-bond acceptors (Lipinski definition) is 4. The van der Waals surface area contributed by atoms with E-state index in [1.807, 2.05) is 243 Å². The minimum absolute atomic E-state index is 0.0192. The number of aromatic nitrogens is 4. The number of furan rings is 4. The average molecular weight is 1750 g/mol. The third kappa shape index (κ3) is 17.1. The summed E-state index contributed by atoms with van der Waals surface area (Å²) in [7, 11) is 7.31. The third-order valence-electron chi connectivity index (χ3n) is 24.7. The molecule has 12 aromatic carbocycles. The van der Waals surface area contributed by atoms with E-state index in [0.29, 0.717) is 136 Å². The number of pyridine rings is 4. The number of hydrogen-bond donors (Lipinski definition) is 0. The summed E-state index contributed by atoms with van der Waals surface area (Å²) in [6.45, 7) is 57.6. The molecule has 0 aliphatic rings. The Morgan fingerprint density at radius 2 is 0.699 bits per heavy atom. The highest BCUT2D eigenvalue weighted by molar-refractivity contribution is 6.20. The minimum Gasteiger partial charge on any atom is -0.456 e. The summed E-state index contributed by atoms with van der Waals surface area (Å²) in [4.78, 5) is 14.7. The van der Waals surface area contributed by atoms with E-state index in [-0.39, 0.29) is 46.9 Å². The van der Waals surface area contributed by atoms with Gasteiger partial charge in [-0.25, -0.2) is 19.4 Å². The van der Waals surface area contributed by atoms with Gasteiger partial charge in [0.1, 0.15) is 72.9 Å². The fourth-order valence-corrected chi connectivity index (χ4v) is 17.9. The normalized spacial score (nSPS) is 13.4. The zero-order valence-corrected chi connectivity index (χ0v) is 78.5. The van der Waals surface area contributed by atoms with E-state index in [2.05, 4.69) is 37.6 Å². The molecule has 0 bridgehead atoms. The quantitative estimate of drug-likeness (QED) is 0.101. The Kier molecular flexibility index (Phi) is 19.6. The Bertz CT molecular complexity index is 9030. The standard InChI is InChI=1S/2C32H31N2O.C29H25N2O.C28H23N2O/c1-20-15-26(23-11-9-8-10-12-23)30-25-14-13-24(33-6)18-28(25)35-31(30)29(20)27-17-22(19-32(3,4)5)16-21(2)34(27)7;1-20-13-14-25-30-26(23-11-9-8-10-12-23)17-24(33-6)18-28(30)35-31(25)29(20)27-16-22(19-32(3,4)5)15-21(2)34(27)7;1-17-12-13-23-28-24(21-10-8-7-9-11-21)15-22(30-5)16-26(28)32-29(23)27(17)25-14-18(2)19(3)20(4)31(25)6;1-17-13-19(3)30(5)25(14-17)27-18(2)11-12-21-23-15-22(20-9-7-6-8-10-20)24(29-4)16-26(23)31-28(21)27/h2*8-18H,19H2,1-5,7H3;7-16H,1-4,6H3;6-16H,1-3,5H3/q4*+1/i16D,17D,19D2;15D,16D,19D2;3D3,14D;13D,14D. The number of rotatable bonds is 10. The summed E-state index contributed by atoms with van der Waals surface area (Å²) in [5, 5.41) is 7.17. The molecule has 0 N–H and O–H groups in total. The van der Waals surface area contributed by atoms with Crippen molar-refractivity contribution in [1.29, 1.82) is 0 Å². The molecule has 12 nitrogen and oxygen atoms in total. The van der Waals surface area contributed by atoms with E-state index >= 15 is 0 Å². The minimum atomic E-state index is -2.32. The molecule has 20 aromatic rings. The molecule has 0 atom stereocenters.